The van der Waals surface area contributed by atoms with E-state index in [1.54, 1.807) is 0 Å². The quantitative estimate of drug-likeness (QED) is 0.744. The van der Waals surface area contributed by atoms with Crippen LogP contribution in [0.4, 0.5) is 0 Å². The zero-order valence-corrected chi connectivity index (χ0v) is 9.25. The Hall–Kier alpha value is -0.800. The van der Waals surface area contributed by atoms with Gasteiger partial charge in [0.1, 0.15) is 0 Å². The summed E-state index contributed by atoms with van der Waals surface area (Å²) < 4.78 is 2.04. The molecule has 0 saturated heterocycles. The van der Waals surface area contributed by atoms with Crippen molar-refractivity contribution in [3.05, 3.63) is 24.0 Å². The Morgan fingerprint density at radius 2 is 2.21 bits per heavy atom. The molecule has 0 amide bonds. The first kappa shape index (κ1) is 11.3. The molecule has 3 nitrogen and oxygen atoms in total. The Labute approximate surface area is 85.7 Å². The summed E-state index contributed by atoms with van der Waals surface area (Å²) in [5.74, 6) is 0. The van der Waals surface area contributed by atoms with Crippen molar-refractivity contribution < 1.29 is 5.11 Å². The topological polar surface area (TPSA) is 37.2 Å². The van der Waals surface area contributed by atoms with Crippen molar-refractivity contribution in [2.24, 2.45) is 7.05 Å². The van der Waals surface area contributed by atoms with E-state index in [2.05, 4.69) is 31.4 Å². The van der Waals surface area contributed by atoms with Crippen LogP contribution >= 0.6 is 0 Å². The van der Waals surface area contributed by atoms with Gasteiger partial charge in [-0.1, -0.05) is 0 Å². The molecule has 0 aromatic carbocycles. The average molecular weight is 196 g/mol. The summed E-state index contributed by atoms with van der Waals surface area (Å²) in [6.45, 7) is 5.29. The highest BCUT2D eigenvalue weighted by Gasteiger charge is 2.15. The van der Waals surface area contributed by atoms with Gasteiger partial charge in [-0.15, -0.1) is 0 Å². The van der Waals surface area contributed by atoms with E-state index in [0.717, 1.165) is 13.0 Å². The summed E-state index contributed by atoms with van der Waals surface area (Å²) in [6.07, 6.45) is 4.91. The van der Waals surface area contributed by atoms with E-state index >= 15 is 0 Å². The second-order valence-corrected chi connectivity index (χ2v) is 4.40. The molecule has 0 radical (unpaired) electrons. The molecule has 0 unspecified atom stereocenters. The summed E-state index contributed by atoms with van der Waals surface area (Å²) >= 11 is 0. The second kappa shape index (κ2) is 4.62. The molecular weight excluding hydrogens is 176 g/mol. The first-order valence-electron chi connectivity index (χ1n) is 5.00. The maximum Gasteiger partial charge on any atom is 0.0448 e. The van der Waals surface area contributed by atoms with Crippen LogP contribution in [0.5, 0.6) is 0 Å². The van der Waals surface area contributed by atoms with Gasteiger partial charge in [0.15, 0.2) is 0 Å². The lowest BCUT2D eigenvalue weighted by Crippen LogP contribution is -2.39. The highest BCUT2D eigenvalue weighted by molar-refractivity contribution is 5.09. The van der Waals surface area contributed by atoms with Crippen molar-refractivity contribution in [3.8, 4) is 0 Å². The normalized spacial score (nSPS) is 12.0. The molecule has 1 heterocycles. The van der Waals surface area contributed by atoms with Crippen molar-refractivity contribution >= 4 is 0 Å². The summed E-state index contributed by atoms with van der Waals surface area (Å²) in [4.78, 5) is 0. The molecule has 3 heteroatoms. The maximum absolute atomic E-state index is 8.86. The lowest BCUT2D eigenvalue weighted by atomic mass is 10.0. The third-order valence-electron chi connectivity index (χ3n) is 2.40. The summed E-state index contributed by atoms with van der Waals surface area (Å²) in [7, 11) is 2.02. The van der Waals surface area contributed by atoms with Gasteiger partial charge < -0.3 is 15.0 Å². The average Bonchev–Trinajstić information content (AvgIpc) is 2.48. The Bertz CT molecular complexity index is 279. The molecular formula is C11H20N2O. The van der Waals surface area contributed by atoms with Gasteiger partial charge in [-0.3, -0.25) is 0 Å². The summed E-state index contributed by atoms with van der Waals surface area (Å²) in [5, 5.41) is 12.3. The second-order valence-electron chi connectivity index (χ2n) is 4.40. The Balaban J connectivity index is 2.40. The zero-order valence-electron chi connectivity index (χ0n) is 9.25. The van der Waals surface area contributed by atoms with Crippen molar-refractivity contribution in [2.45, 2.75) is 32.4 Å². The molecule has 0 fully saturated rings. The van der Waals surface area contributed by atoms with Crippen LogP contribution < -0.4 is 5.32 Å². The zero-order chi connectivity index (χ0) is 10.6. The number of aryl methyl sites for hydroxylation is 1. The van der Waals surface area contributed by atoms with Crippen molar-refractivity contribution in [1.82, 2.24) is 9.88 Å². The number of rotatable bonds is 5. The largest absolute Gasteiger partial charge is 0.396 e. The maximum atomic E-state index is 8.86. The predicted molar refractivity (Wildman–Crippen MR) is 58.0 cm³/mol. The summed E-state index contributed by atoms with van der Waals surface area (Å²) in [5.41, 5.74) is 1.28. The molecule has 1 rings (SSSR count). The molecule has 2 N–H and O–H groups in total. The smallest absolute Gasteiger partial charge is 0.0448 e. The van der Waals surface area contributed by atoms with Gasteiger partial charge in [0.2, 0.25) is 0 Å². The van der Waals surface area contributed by atoms with E-state index in [9.17, 15) is 0 Å². The molecule has 0 aliphatic rings. The number of nitrogens with zero attached hydrogens (tertiary/aromatic N) is 1. The predicted octanol–water partition coefficient (Wildman–Crippen LogP) is 1.28. The number of hydrogen-bond acceptors (Lipinski definition) is 2. The van der Waals surface area contributed by atoms with Gasteiger partial charge >= 0.3 is 0 Å². The van der Waals surface area contributed by atoms with E-state index in [1.165, 1.54) is 5.56 Å². The Kier molecular flexibility index (Phi) is 3.72. The monoisotopic (exact) mass is 196 g/mol. The minimum absolute atomic E-state index is 0.00455. The minimum atomic E-state index is 0.00455. The first-order valence-corrected chi connectivity index (χ1v) is 5.00. The Morgan fingerprint density at radius 3 is 2.71 bits per heavy atom. The lowest BCUT2D eigenvalue weighted by Gasteiger charge is -2.25. The third-order valence-corrected chi connectivity index (χ3v) is 2.40. The van der Waals surface area contributed by atoms with Crippen molar-refractivity contribution in [3.63, 3.8) is 0 Å². The molecule has 0 atom stereocenters. The van der Waals surface area contributed by atoms with Crippen LogP contribution in [0.2, 0.25) is 0 Å². The van der Waals surface area contributed by atoms with Gasteiger partial charge in [-0.25, -0.2) is 0 Å². The van der Waals surface area contributed by atoms with Gasteiger partial charge in [0.25, 0.3) is 0 Å². The third kappa shape index (κ3) is 3.52. The molecule has 0 aliphatic carbocycles. The molecule has 1 aromatic rings. The molecule has 14 heavy (non-hydrogen) atoms. The number of aliphatic hydroxyl groups excluding tert-OH is 1. The van der Waals surface area contributed by atoms with Gasteiger partial charge in [-0.05, 0) is 31.9 Å². The molecule has 80 valence electrons. The molecule has 0 aliphatic heterocycles. The minimum Gasteiger partial charge on any atom is -0.396 e. The van der Waals surface area contributed by atoms with Crippen molar-refractivity contribution in [1.29, 1.82) is 0 Å². The fourth-order valence-electron chi connectivity index (χ4n) is 1.37. The lowest BCUT2D eigenvalue weighted by molar-refractivity contribution is 0.230. The van der Waals surface area contributed by atoms with E-state index in [4.69, 9.17) is 5.11 Å². The van der Waals surface area contributed by atoms with Crippen LogP contribution in [0.1, 0.15) is 25.8 Å². The summed E-state index contributed by atoms with van der Waals surface area (Å²) in [6, 6.07) is 2.10. The number of nitrogens with one attached hydrogen (secondary N) is 1. The van der Waals surface area contributed by atoms with Crippen LogP contribution in [0.15, 0.2) is 18.5 Å². The highest BCUT2D eigenvalue weighted by Crippen LogP contribution is 2.09. The standard InChI is InChI=1S/C11H20N2O/c1-11(2,5-7-14)12-8-10-4-6-13(3)9-10/h4,6,9,12,14H,5,7-8H2,1-3H3. The van der Waals surface area contributed by atoms with Gasteiger partial charge in [0.05, 0.1) is 0 Å². The molecule has 0 bridgehead atoms. The first-order chi connectivity index (χ1) is 6.53. The fraction of sp³-hybridized carbons (Fsp3) is 0.636. The van der Waals surface area contributed by atoms with Gasteiger partial charge in [0, 0.05) is 38.1 Å². The fourth-order valence-corrected chi connectivity index (χ4v) is 1.37. The number of hydrogen-bond donors (Lipinski definition) is 2. The molecule has 0 saturated carbocycles. The van der Waals surface area contributed by atoms with E-state index in [1.807, 2.05) is 17.8 Å². The van der Waals surface area contributed by atoms with Gasteiger partial charge in [-0.2, -0.15) is 0 Å². The van der Waals surface area contributed by atoms with Crippen LogP contribution in [0, 0.1) is 0 Å². The van der Waals surface area contributed by atoms with E-state index < -0.39 is 0 Å². The SMILES string of the molecule is Cn1ccc(CNC(C)(C)CCO)c1. The van der Waals surface area contributed by atoms with Crippen LogP contribution in [-0.4, -0.2) is 21.8 Å². The Morgan fingerprint density at radius 1 is 1.50 bits per heavy atom. The van der Waals surface area contributed by atoms with Crippen LogP contribution in [0.3, 0.4) is 0 Å². The van der Waals surface area contributed by atoms with Crippen molar-refractivity contribution in [2.75, 3.05) is 6.61 Å². The molecule has 0 spiro atoms. The molecule has 1 aromatic heterocycles. The highest BCUT2D eigenvalue weighted by atomic mass is 16.3. The van der Waals surface area contributed by atoms with E-state index in [-0.39, 0.29) is 12.1 Å². The van der Waals surface area contributed by atoms with E-state index in [0.29, 0.717) is 0 Å². The van der Waals surface area contributed by atoms with Crippen LogP contribution in [-0.2, 0) is 13.6 Å². The number of aromatic nitrogens is 1. The number of aliphatic hydroxyl groups is 1. The van der Waals surface area contributed by atoms with Crippen LogP contribution in [0.25, 0.3) is 0 Å².